The van der Waals surface area contributed by atoms with Crippen LogP contribution in [0.3, 0.4) is 0 Å². The van der Waals surface area contributed by atoms with Gasteiger partial charge in [-0.15, -0.1) is 0 Å². The quantitative estimate of drug-likeness (QED) is 0.474. The first-order valence-electron chi connectivity index (χ1n) is 10.5. The molecule has 2 unspecified atom stereocenters. The third-order valence-corrected chi connectivity index (χ3v) is 5.94. The molecule has 2 atom stereocenters. The molecule has 0 radical (unpaired) electrons. The van der Waals surface area contributed by atoms with Gasteiger partial charge in [-0.2, -0.15) is 10.1 Å². The molecule has 3 aromatic heterocycles. The lowest BCUT2D eigenvalue weighted by atomic mass is 9.88. The topological polar surface area (TPSA) is 59.2 Å². The number of halogens is 2. The van der Waals surface area contributed by atoms with Crippen LogP contribution in [0.5, 0.6) is 0 Å². The first-order valence-corrected chi connectivity index (χ1v) is 10.5. The van der Waals surface area contributed by atoms with Crippen LogP contribution in [-0.4, -0.2) is 42.6 Å². The second-order valence-corrected chi connectivity index (χ2v) is 8.11. The molecule has 5 rings (SSSR count). The Bertz CT molecular complexity index is 1140. The molecule has 1 aromatic carbocycles. The molecule has 1 aliphatic rings. The summed E-state index contributed by atoms with van der Waals surface area (Å²) in [7, 11) is 0. The van der Waals surface area contributed by atoms with E-state index < -0.39 is 6.43 Å². The number of likely N-dealkylation sites (tertiary alicyclic amines) is 1. The van der Waals surface area contributed by atoms with E-state index in [1.807, 2.05) is 6.20 Å². The molecule has 1 fully saturated rings. The summed E-state index contributed by atoms with van der Waals surface area (Å²) in [6.45, 7) is 8.13. The smallest absolute Gasteiger partial charge is 0.280 e. The summed E-state index contributed by atoms with van der Waals surface area (Å²) in [5.74, 6) is 1.84. The third-order valence-electron chi connectivity index (χ3n) is 5.94. The molecular formula is C23H26F2N6. The molecule has 0 saturated carbocycles. The van der Waals surface area contributed by atoms with Crippen molar-refractivity contribution in [1.82, 2.24) is 29.5 Å². The fourth-order valence-electron chi connectivity index (χ4n) is 3.86. The predicted molar refractivity (Wildman–Crippen MR) is 116 cm³/mol. The SMILES string of the molecule is CC1CCN(Cc2nccc3ccccc23)CC1C.FC(F)c1ccn2ncnc2n1. The van der Waals surface area contributed by atoms with E-state index in [9.17, 15) is 8.78 Å². The van der Waals surface area contributed by atoms with Gasteiger partial charge in [0.2, 0.25) is 0 Å². The maximum atomic E-state index is 12.1. The van der Waals surface area contributed by atoms with E-state index in [0.29, 0.717) is 0 Å². The number of alkyl halides is 2. The first-order chi connectivity index (χ1) is 15.0. The molecule has 8 heteroatoms. The fourth-order valence-corrected chi connectivity index (χ4v) is 3.86. The van der Waals surface area contributed by atoms with Crippen LogP contribution in [0, 0.1) is 11.8 Å². The van der Waals surface area contributed by atoms with Gasteiger partial charge in [0.15, 0.2) is 0 Å². The number of hydrogen-bond donors (Lipinski definition) is 0. The van der Waals surface area contributed by atoms with E-state index >= 15 is 0 Å². The number of hydrogen-bond acceptors (Lipinski definition) is 5. The van der Waals surface area contributed by atoms with Crippen LogP contribution in [-0.2, 0) is 6.54 Å². The molecule has 4 aromatic rings. The molecule has 31 heavy (non-hydrogen) atoms. The Labute approximate surface area is 180 Å². The van der Waals surface area contributed by atoms with E-state index in [1.165, 1.54) is 59.1 Å². The zero-order valence-electron chi connectivity index (χ0n) is 17.7. The van der Waals surface area contributed by atoms with E-state index in [1.54, 1.807) is 0 Å². The van der Waals surface area contributed by atoms with E-state index in [4.69, 9.17) is 0 Å². The summed E-state index contributed by atoms with van der Waals surface area (Å²) < 4.78 is 25.5. The van der Waals surface area contributed by atoms with Crippen molar-refractivity contribution in [2.75, 3.05) is 13.1 Å². The van der Waals surface area contributed by atoms with Crippen LogP contribution in [0.15, 0.2) is 55.1 Å². The summed E-state index contributed by atoms with van der Waals surface area (Å²) in [5, 5.41) is 6.32. The van der Waals surface area contributed by atoms with Crippen LogP contribution >= 0.6 is 0 Å². The first kappa shape index (κ1) is 21.2. The number of benzene rings is 1. The highest BCUT2D eigenvalue weighted by atomic mass is 19.3. The summed E-state index contributed by atoms with van der Waals surface area (Å²) >= 11 is 0. The molecule has 0 aliphatic carbocycles. The van der Waals surface area contributed by atoms with Crippen LogP contribution in [0.4, 0.5) is 8.78 Å². The van der Waals surface area contributed by atoms with Gasteiger partial charge in [0.1, 0.15) is 12.0 Å². The van der Waals surface area contributed by atoms with Crippen molar-refractivity contribution in [2.45, 2.75) is 33.2 Å². The van der Waals surface area contributed by atoms with Crippen molar-refractivity contribution in [3.05, 3.63) is 66.5 Å². The molecule has 1 saturated heterocycles. The van der Waals surface area contributed by atoms with Gasteiger partial charge in [-0.05, 0) is 42.3 Å². The van der Waals surface area contributed by atoms with E-state index in [2.05, 4.69) is 69.1 Å². The second kappa shape index (κ2) is 9.43. The molecule has 0 bridgehead atoms. The lowest BCUT2D eigenvalue weighted by Crippen LogP contribution is -2.38. The number of nitrogens with zero attached hydrogens (tertiary/aromatic N) is 6. The fraction of sp³-hybridized carbons (Fsp3) is 0.391. The monoisotopic (exact) mass is 424 g/mol. The minimum absolute atomic E-state index is 0.188. The van der Waals surface area contributed by atoms with Gasteiger partial charge in [0, 0.05) is 30.9 Å². The normalized spacial score (nSPS) is 19.5. The average molecular weight is 424 g/mol. The maximum Gasteiger partial charge on any atom is 0.280 e. The van der Waals surface area contributed by atoms with Gasteiger partial charge >= 0.3 is 0 Å². The highest BCUT2D eigenvalue weighted by Crippen LogP contribution is 2.25. The van der Waals surface area contributed by atoms with Crippen LogP contribution < -0.4 is 0 Å². The summed E-state index contributed by atoms with van der Waals surface area (Å²) in [5.41, 5.74) is 0.940. The van der Waals surface area contributed by atoms with Crippen LogP contribution in [0.1, 0.15) is 38.1 Å². The summed E-state index contributed by atoms with van der Waals surface area (Å²) in [4.78, 5) is 14.4. The molecule has 0 spiro atoms. The van der Waals surface area contributed by atoms with Crippen LogP contribution in [0.2, 0.25) is 0 Å². The highest BCUT2D eigenvalue weighted by Gasteiger charge is 2.23. The molecule has 1 aliphatic heterocycles. The minimum atomic E-state index is -2.56. The van der Waals surface area contributed by atoms with Gasteiger partial charge in [0.25, 0.3) is 12.2 Å². The van der Waals surface area contributed by atoms with E-state index in [-0.39, 0.29) is 11.5 Å². The highest BCUT2D eigenvalue weighted by molar-refractivity contribution is 5.84. The van der Waals surface area contributed by atoms with Gasteiger partial charge in [-0.3, -0.25) is 9.88 Å². The van der Waals surface area contributed by atoms with Crippen molar-refractivity contribution < 1.29 is 8.78 Å². The molecule has 6 nitrogen and oxygen atoms in total. The van der Waals surface area contributed by atoms with Gasteiger partial charge < -0.3 is 0 Å². The van der Waals surface area contributed by atoms with Crippen molar-refractivity contribution in [3.8, 4) is 0 Å². The standard InChI is InChI=1S/C17H22N2.C6H4F2N4/c1-13-8-10-19(11-14(13)2)12-17-16-6-4-3-5-15(16)7-9-18-17;7-5(8)4-1-2-12-6(11-4)9-3-10-12/h3-7,9,13-14H,8,10-12H2,1-2H3;1-3,5H. The molecular weight excluding hydrogens is 398 g/mol. The van der Waals surface area contributed by atoms with Gasteiger partial charge in [0.05, 0.1) is 5.69 Å². The maximum absolute atomic E-state index is 12.1. The molecule has 0 amide bonds. The molecule has 0 N–H and O–H groups in total. The Hall–Kier alpha value is -3.00. The zero-order chi connectivity index (χ0) is 21.8. The zero-order valence-corrected chi connectivity index (χ0v) is 17.7. The molecule has 162 valence electrons. The van der Waals surface area contributed by atoms with Gasteiger partial charge in [-0.1, -0.05) is 38.1 Å². The predicted octanol–water partition coefficient (Wildman–Crippen LogP) is 4.77. The average Bonchev–Trinajstić information content (AvgIpc) is 3.25. The number of fused-ring (bicyclic) bond motifs is 2. The second-order valence-electron chi connectivity index (χ2n) is 8.11. The Morgan fingerprint density at radius 3 is 2.71 bits per heavy atom. The van der Waals surface area contributed by atoms with Crippen molar-refractivity contribution in [3.63, 3.8) is 0 Å². The van der Waals surface area contributed by atoms with Gasteiger partial charge in [-0.25, -0.2) is 18.3 Å². The Morgan fingerprint density at radius 1 is 1.06 bits per heavy atom. The van der Waals surface area contributed by atoms with Crippen molar-refractivity contribution in [2.24, 2.45) is 11.8 Å². The summed E-state index contributed by atoms with van der Waals surface area (Å²) in [6, 6.07) is 11.9. The lowest BCUT2D eigenvalue weighted by Gasteiger charge is -2.35. The van der Waals surface area contributed by atoms with Crippen molar-refractivity contribution in [1.29, 1.82) is 0 Å². The third kappa shape index (κ3) is 5.02. The number of piperidine rings is 1. The minimum Gasteiger partial charge on any atom is -0.297 e. The number of rotatable bonds is 3. The largest absolute Gasteiger partial charge is 0.297 e. The summed E-state index contributed by atoms with van der Waals surface area (Å²) in [6.07, 6.45) is 3.35. The molecule has 4 heterocycles. The lowest BCUT2D eigenvalue weighted by molar-refractivity contribution is 0.131. The number of pyridine rings is 1. The van der Waals surface area contributed by atoms with Crippen LogP contribution in [0.25, 0.3) is 16.6 Å². The Kier molecular flexibility index (Phi) is 6.46. The Morgan fingerprint density at radius 2 is 1.90 bits per heavy atom. The number of aromatic nitrogens is 5. The van der Waals surface area contributed by atoms with E-state index in [0.717, 1.165) is 18.4 Å². The van der Waals surface area contributed by atoms with Crippen molar-refractivity contribution >= 4 is 16.6 Å². The Balaban J connectivity index is 0.000000166.